The third kappa shape index (κ3) is 2.46. The first kappa shape index (κ1) is 19.5. The third-order valence-electron chi connectivity index (χ3n) is 7.49. The number of H-pyrrole nitrogens is 1. The van der Waals surface area contributed by atoms with E-state index in [1.165, 1.54) is 33.0 Å². The van der Waals surface area contributed by atoms with Gasteiger partial charge in [-0.15, -0.1) is 0 Å². The molecule has 0 unspecified atom stereocenters. The SMILES string of the molecule is Cc1ccccc1-c1cc2[nH]c3c(ccc4c3c3cccnc3n3c5cccnc5nc43)c2cc1C. The standard InChI is InChI=1S/C31H21N5/c1-17-7-3-4-8-19(17)23-16-25-24(15-18(23)2)20-11-12-22-27(28(20)34-25)21-9-5-14-33-30(21)36-26-10-6-13-32-29(26)35-31(22)36/h3-16,34H,1-2H3. The summed E-state index contributed by atoms with van der Waals surface area (Å²) in [5.74, 6) is 0. The van der Waals surface area contributed by atoms with Gasteiger partial charge in [-0.05, 0) is 78.6 Å². The lowest BCUT2D eigenvalue weighted by molar-refractivity contribution is 1.23. The van der Waals surface area contributed by atoms with Crippen molar-refractivity contribution in [1.82, 2.24) is 24.3 Å². The molecule has 0 saturated carbocycles. The third-order valence-corrected chi connectivity index (χ3v) is 7.49. The Bertz CT molecular complexity index is 2180. The molecule has 0 fully saturated rings. The van der Waals surface area contributed by atoms with Gasteiger partial charge in [0.2, 0.25) is 0 Å². The van der Waals surface area contributed by atoms with Crippen LogP contribution < -0.4 is 0 Å². The molecule has 0 aliphatic rings. The van der Waals surface area contributed by atoms with Gasteiger partial charge in [0, 0.05) is 44.8 Å². The number of aromatic amines is 1. The van der Waals surface area contributed by atoms with Crippen molar-refractivity contribution in [3.05, 3.63) is 96.3 Å². The molecular weight excluding hydrogens is 442 g/mol. The molecular formula is C31H21N5. The number of benzene rings is 3. The summed E-state index contributed by atoms with van der Waals surface area (Å²) in [4.78, 5) is 18.0. The van der Waals surface area contributed by atoms with E-state index in [-0.39, 0.29) is 0 Å². The van der Waals surface area contributed by atoms with Crippen LogP contribution in [0.4, 0.5) is 0 Å². The van der Waals surface area contributed by atoms with Crippen molar-refractivity contribution in [2.24, 2.45) is 0 Å². The summed E-state index contributed by atoms with van der Waals surface area (Å²) >= 11 is 0. The number of aryl methyl sites for hydroxylation is 2. The summed E-state index contributed by atoms with van der Waals surface area (Å²) in [6.45, 7) is 4.37. The van der Waals surface area contributed by atoms with Crippen LogP contribution in [0.25, 0.3) is 71.5 Å². The van der Waals surface area contributed by atoms with E-state index in [1.807, 2.05) is 18.3 Å². The van der Waals surface area contributed by atoms with E-state index >= 15 is 0 Å². The first-order chi connectivity index (χ1) is 17.7. The smallest absolute Gasteiger partial charge is 0.178 e. The minimum atomic E-state index is 0.729. The minimum absolute atomic E-state index is 0.729. The lowest BCUT2D eigenvalue weighted by Crippen LogP contribution is -1.94. The maximum absolute atomic E-state index is 4.93. The van der Waals surface area contributed by atoms with Gasteiger partial charge in [0.15, 0.2) is 5.65 Å². The van der Waals surface area contributed by atoms with E-state index in [0.29, 0.717) is 0 Å². The van der Waals surface area contributed by atoms with Crippen LogP contribution in [-0.4, -0.2) is 24.3 Å². The minimum Gasteiger partial charge on any atom is -0.354 e. The number of nitrogens with one attached hydrogen (secondary N) is 1. The van der Waals surface area contributed by atoms with Crippen LogP contribution in [0.5, 0.6) is 0 Å². The van der Waals surface area contributed by atoms with Gasteiger partial charge in [-0.2, -0.15) is 0 Å². The van der Waals surface area contributed by atoms with Crippen molar-refractivity contribution in [2.45, 2.75) is 13.8 Å². The number of rotatable bonds is 1. The predicted molar refractivity (Wildman–Crippen MR) is 148 cm³/mol. The molecule has 0 bridgehead atoms. The average Bonchev–Trinajstić information content (AvgIpc) is 3.47. The average molecular weight is 464 g/mol. The molecule has 8 rings (SSSR count). The van der Waals surface area contributed by atoms with Crippen LogP contribution >= 0.6 is 0 Å². The number of nitrogens with zero attached hydrogens (tertiary/aromatic N) is 4. The highest BCUT2D eigenvalue weighted by molar-refractivity contribution is 6.26. The van der Waals surface area contributed by atoms with Crippen LogP contribution in [-0.2, 0) is 0 Å². The number of pyridine rings is 3. The summed E-state index contributed by atoms with van der Waals surface area (Å²) in [6, 6.07) is 25.8. The lowest BCUT2D eigenvalue weighted by Gasteiger charge is -2.10. The summed E-state index contributed by atoms with van der Waals surface area (Å²) in [5, 5.41) is 5.76. The van der Waals surface area contributed by atoms with Gasteiger partial charge in [-0.3, -0.25) is 4.40 Å². The molecule has 1 N–H and O–H groups in total. The Balaban J connectivity index is 1.55. The maximum Gasteiger partial charge on any atom is 0.178 e. The summed E-state index contributed by atoms with van der Waals surface area (Å²) in [6.07, 6.45) is 3.63. The van der Waals surface area contributed by atoms with Crippen molar-refractivity contribution >= 4 is 60.4 Å². The Morgan fingerprint density at radius 2 is 1.47 bits per heavy atom. The van der Waals surface area contributed by atoms with E-state index in [9.17, 15) is 0 Å². The van der Waals surface area contributed by atoms with Gasteiger partial charge in [0.1, 0.15) is 11.3 Å². The predicted octanol–water partition coefficient (Wildman–Crippen LogP) is 7.50. The largest absolute Gasteiger partial charge is 0.354 e. The lowest BCUT2D eigenvalue weighted by atomic mass is 9.95. The fraction of sp³-hybridized carbons (Fsp3) is 0.0645. The Hall–Kier alpha value is -4.77. The van der Waals surface area contributed by atoms with E-state index < -0.39 is 0 Å². The van der Waals surface area contributed by atoms with Gasteiger partial charge in [0.25, 0.3) is 0 Å². The van der Waals surface area contributed by atoms with Gasteiger partial charge in [0.05, 0.1) is 11.0 Å². The molecule has 0 saturated heterocycles. The summed E-state index contributed by atoms with van der Waals surface area (Å²) < 4.78 is 2.13. The molecule has 5 heteroatoms. The molecule has 3 aromatic carbocycles. The first-order valence-corrected chi connectivity index (χ1v) is 12.1. The molecule has 36 heavy (non-hydrogen) atoms. The van der Waals surface area contributed by atoms with E-state index in [0.717, 1.165) is 49.7 Å². The van der Waals surface area contributed by atoms with Crippen LogP contribution in [0.1, 0.15) is 11.1 Å². The van der Waals surface area contributed by atoms with Crippen molar-refractivity contribution in [3.8, 4) is 11.1 Å². The molecule has 5 nitrogen and oxygen atoms in total. The van der Waals surface area contributed by atoms with Crippen molar-refractivity contribution < 1.29 is 0 Å². The second kappa shape index (κ2) is 6.89. The Morgan fingerprint density at radius 1 is 0.667 bits per heavy atom. The van der Waals surface area contributed by atoms with Crippen LogP contribution in [0.3, 0.4) is 0 Å². The van der Waals surface area contributed by atoms with E-state index in [2.05, 4.69) is 88.9 Å². The number of hydrogen-bond donors (Lipinski definition) is 1. The number of aromatic nitrogens is 5. The van der Waals surface area contributed by atoms with E-state index in [1.54, 1.807) is 6.20 Å². The zero-order valence-electron chi connectivity index (χ0n) is 19.9. The second-order valence-electron chi connectivity index (χ2n) is 9.55. The fourth-order valence-electron chi connectivity index (χ4n) is 5.84. The molecule has 0 atom stereocenters. The number of hydrogen-bond acceptors (Lipinski definition) is 3. The number of fused-ring (bicyclic) bond motifs is 12. The van der Waals surface area contributed by atoms with E-state index in [4.69, 9.17) is 9.97 Å². The van der Waals surface area contributed by atoms with Gasteiger partial charge < -0.3 is 4.98 Å². The van der Waals surface area contributed by atoms with Gasteiger partial charge in [-0.1, -0.05) is 30.3 Å². The van der Waals surface area contributed by atoms with Gasteiger partial charge >= 0.3 is 0 Å². The highest BCUT2D eigenvalue weighted by Gasteiger charge is 2.19. The summed E-state index contributed by atoms with van der Waals surface area (Å²) in [7, 11) is 0. The first-order valence-electron chi connectivity index (χ1n) is 12.1. The van der Waals surface area contributed by atoms with Crippen LogP contribution in [0, 0.1) is 13.8 Å². The number of imidazole rings is 1. The van der Waals surface area contributed by atoms with Gasteiger partial charge in [-0.25, -0.2) is 15.0 Å². The second-order valence-corrected chi connectivity index (χ2v) is 9.55. The molecule has 5 heterocycles. The zero-order chi connectivity index (χ0) is 24.0. The molecule has 0 amide bonds. The summed E-state index contributed by atoms with van der Waals surface area (Å²) in [5.41, 5.74) is 10.8. The molecule has 5 aromatic heterocycles. The monoisotopic (exact) mass is 463 g/mol. The zero-order valence-corrected chi connectivity index (χ0v) is 19.9. The van der Waals surface area contributed by atoms with Crippen molar-refractivity contribution in [1.29, 1.82) is 0 Å². The highest BCUT2D eigenvalue weighted by atomic mass is 15.1. The Kier molecular flexibility index (Phi) is 3.74. The Labute approximate surface area is 206 Å². The molecule has 0 spiro atoms. The molecule has 0 aliphatic carbocycles. The van der Waals surface area contributed by atoms with Crippen molar-refractivity contribution in [2.75, 3.05) is 0 Å². The molecule has 0 aliphatic heterocycles. The quantitative estimate of drug-likeness (QED) is 0.256. The molecule has 8 aromatic rings. The normalized spacial score (nSPS) is 12.2. The highest BCUT2D eigenvalue weighted by Crippen LogP contribution is 2.39. The molecule has 170 valence electrons. The van der Waals surface area contributed by atoms with Crippen molar-refractivity contribution in [3.63, 3.8) is 0 Å². The fourth-order valence-corrected chi connectivity index (χ4v) is 5.84. The van der Waals surface area contributed by atoms with Crippen LogP contribution in [0.2, 0.25) is 0 Å². The molecule has 0 radical (unpaired) electrons. The topological polar surface area (TPSA) is 58.9 Å². The Morgan fingerprint density at radius 3 is 2.39 bits per heavy atom. The maximum atomic E-state index is 4.93. The van der Waals surface area contributed by atoms with Crippen LogP contribution in [0.15, 0.2) is 85.2 Å².